The number of phenols is 1. The third-order valence-corrected chi connectivity index (χ3v) is 6.58. The van der Waals surface area contributed by atoms with Crippen LogP contribution in [0, 0.1) is 11.6 Å². The van der Waals surface area contributed by atoms with Crippen molar-refractivity contribution in [3.05, 3.63) is 58.9 Å². The van der Waals surface area contributed by atoms with Crippen LogP contribution in [0.25, 0.3) is 21.7 Å². The molecule has 0 fully saturated rings. The van der Waals surface area contributed by atoms with Crippen LogP contribution in [0.2, 0.25) is 5.02 Å². The highest BCUT2D eigenvalue weighted by molar-refractivity contribution is 7.92. The Kier molecular flexibility index (Phi) is 4.94. The first-order valence-corrected chi connectivity index (χ1v) is 11.1. The molecule has 2 heterocycles. The Morgan fingerprint density at radius 1 is 1.19 bits per heavy atom. The molecule has 0 radical (unpaired) electrons. The number of hydrogen-bond donors (Lipinski definition) is 2. The molecule has 2 aromatic heterocycles. The van der Waals surface area contributed by atoms with Gasteiger partial charge in [-0.15, -0.1) is 0 Å². The highest BCUT2D eigenvalue weighted by Gasteiger charge is 2.26. The van der Waals surface area contributed by atoms with Gasteiger partial charge in [0, 0.05) is 35.8 Å². The number of anilines is 1. The number of halogens is 3. The molecule has 0 aliphatic carbocycles. The second-order valence-corrected chi connectivity index (χ2v) is 9.44. The first-order valence-electron chi connectivity index (χ1n) is 8.90. The van der Waals surface area contributed by atoms with E-state index in [4.69, 9.17) is 11.6 Å². The Morgan fingerprint density at radius 3 is 2.58 bits per heavy atom. The fourth-order valence-corrected chi connectivity index (χ4v) is 4.22. The number of pyridine rings is 1. The first kappa shape index (κ1) is 21.1. The summed E-state index contributed by atoms with van der Waals surface area (Å²) in [6, 6.07) is 5.22. The number of aromatic nitrogens is 2. The van der Waals surface area contributed by atoms with Gasteiger partial charge in [-0.3, -0.25) is 9.29 Å². The molecule has 162 valence electrons. The van der Waals surface area contributed by atoms with Crippen molar-refractivity contribution >= 4 is 49.0 Å². The monoisotopic (exact) mass is 467 g/mol. The SMILES string of the molecule is CN(c1c2cccnc2c(O)c2c(O)n(Cc3c(F)ccc(Cl)c3F)cc12)S(C)(=O)=O. The van der Waals surface area contributed by atoms with Gasteiger partial charge in [-0.1, -0.05) is 11.6 Å². The van der Waals surface area contributed by atoms with E-state index in [1.807, 2.05) is 0 Å². The number of hydrogen-bond acceptors (Lipinski definition) is 5. The van der Waals surface area contributed by atoms with Gasteiger partial charge in [0.1, 0.15) is 17.2 Å². The zero-order chi connectivity index (χ0) is 22.7. The lowest BCUT2D eigenvalue weighted by atomic mass is 10.1. The summed E-state index contributed by atoms with van der Waals surface area (Å²) >= 11 is 5.75. The van der Waals surface area contributed by atoms with Crippen molar-refractivity contribution in [2.24, 2.45) is 0 Å². The van der Waals surface area contributed by atoms with Gasteiger partial charge in [-0.25, -0.2) is 17.2 Å². The number of sulfonamides is 1. The van der Waals surface area contributed by atoms with Crippen molar-refractivity contribution in [3.8, 4) is 11.6 Å². The summed E-state index contributed by atoms with van der Waals surface area (Å²) in [7, 11) is -2.42. The number of nitrogens with zero attached hydrogens (tertiary/aromatic N) is 3. The Balaban J connectivity index is 2.07. The maximum atomic E-state index is 14.4. The Labute approximate surface area is 180 Å². The van der Waals surface area contributed by atoms with E-state index < -0.39 is 39.6 Å². The zero-order valence-corrected chi connectivity index (χ0v) is 17.8. The molecule has 7 nitrogen and oxygen atoms in total. The van der Waals surface area contributed by atoms with E-state index in [9.17, 15) is 27.4 Å². The van der Waals surface area contributed by atoms with Crippen molar-refractivity contribution in [2.45, 2.75) is 6.54 Å². The van der Waals surface area contributed by atoms with Gasteiger partial charge >= 0.3 is 0 Å². The number of rotatable bonds is 4. The van der Waals surface area contributed by atoms with Crippen molar-refractivity contribution in [1.29, 1.82) is 0 Å². The van der Waals surface area contributed by atoms with Crippen LogP contribution in [0.5, 0.6) is 11.6 Å². The molecular formula is C20H16ClF2N3O4S. The van der Waals surface area contributed by atoms with Gasteiger partial charge < -0.3 is 14.8 Å². The van der Waals surface area contributed by atoms with Crippen LogP contribution in [0.4, 0.5) is 14.5 Å². The third-order valence-electron chi connectivity index (χ3n) is 5.11. The maximum Gasteiger partial charge on any atom is 0.232 e. The van der Waals surface area contributed by atoms with Crippen molar-refractivity contribution < 1.29 is 27.4 Å². The van der Waals surface area contributed by atoms with Gasteiger partial charge in [-0.05, 0) is 24.3 Å². The lowest BCUT2D eigenvalue weighted by molar-refractivity contribution is 0.421. The molecule has 0 aliphatic heterocycles. The van der Waals surface area contributed by atoms with E-state index >= 15 is 0 Å². The van der Waals surface area contributed by atoms with Crippen LogP contribution in [0.1, 0.15) is 5.56 Å². The number of benzene rings is 2. The highest BCUT2D eigenvalue weighted by atomic mass is 35.5. The fourth-order valence-electron chi connectivity index (χ4n) is 3.52. The van der Waals surface area contributed by atoms with Crippen LogP contribution >= 0.6 is 11.6 Å². The van der Waals surface area contributed by atoms with Gasteiger partial charge in [0.25, 0.3) is 0 Å². The van der Waals surface area contributed by atoms with Crippen LogP contribution in [-0.2, 0) is 16.6 Å². The maximum absolute atomic E-state index is 14.4. The van der Waals surface area contributed by atoms with E-state index in [0.717, 1.165) is 27.3 Å². The molecule has 0 atom stereocenters. The van der Waals surface area contributed by atoms with Gasteiger partial charge in [0.2, 0.25) is 15.9 Å². The molecule has 2 aromatic carbocycles. The topological polar surface area (TPSA) is 95.7 Å². The predicted octanol–water partition coefficient (Wildman–Crippen LogP) is 3.98. The molecule has 31 heavy (non-hydrogen) atoms. The molecule has 0 unspecified atom stereocenters. The lowest BCUT2D eigenvalue weighted by Gasteiger charge is -2.20. The molecule has 2 N–H and O–H groups in total. The average molecular weight is 468 g/mol. The summed E-state index contributed by atoms with van der Waals surface area (Å²) < 4.78 is 55.3. The molecule has 0 saturated carbocycles. The summed E-state index contributed by atoms with van der Waals surface area (Å²) in [6.45, 7) is -0.454. The summed E-state index contributed by atoms with van der Waals surface area (Å²) in [5, 5.41) is 21.6. The molecule has 0 amide bonds. The number of phenolic OH excluding ortho intramolecular Hbond substituents is 1. The van der Waals surface area contributed by atoms with Crippen molar-refractivity contribution in [1.82, 2.24) is 9.55 Å². The minimum Gasteiger partial charge on any atom is -0.505 e. The Bertz CT molecular complexity index is 1470. The summed E-state index contributed by atoms with van der Waals surface area (Å²) in [4.78, 5) is 4.10. The first-order chi connectivity index (χ1) is 14.5. The minimum atomic E-state index is -3.74. The molecular weight excluding hydrogens is 452 g/mol. The zero-order valence-electron chi connectivity index (χ0n) is 16.3. The molecule has 4 rings (SSSR count). The standard InChI is InChI=1S/C20H16ClF2N3O4S/c1-25(31(2,29)30)18-10-4-3-7-24-17(10)19(27)15-12(18)9-26(20(15)28)8-11-14(22)6-5-13(21)16(11)23/h3-7,9,27-28H,8H2,1-2H3. The molecule has 4 aromatic rings. The molecule has 0 saturated heterocycles. The van der Waals surface area contributed by atoms with E-state index in [0.29, 0.717) is 5.39 Å². The van der Waals surface area contributed by atoms with Crippen LogP contribution < -0.4 is 4.31 Å². The van der Waals surface area contributed by atoms with E-state index in [1.54, 1.807) is 12.1 Å². The number of fused-ring (bicyclic) bond motifs is 2. The van der Waals surface area contributed by atoms with Gasteiger partial charge in [-0.2, -0.15) is 0 Å². The lowest BCUT2D eigenvalue weighted by Crippen LogP contribution is -2.25. The van der Waals surface area contributed by atoms with Crippen molar-refractivity contribution in [3.63, 3.8) is 0 Å². The van der Waals surface area contributed by atoms with Gasteiger partial charge in [0.15, 0.2) is 5.75 Å². The van der Waals surface area contributed by atoms with E-state index in [-0.39, 0.29) is 32.7 Å². The smallest absolute Gasteiger partial charge is 0.232 e. The van der Waals surface area contributed by atoms with E-state index in [2.05, 4.69) is 4.98 Å². The molecule has 11 heteroatoms. The summed E-state index contributed by atoms with van der Waals surface area (Å²) in [6.07, 6.45) is 3.72. The van der Waals surface area contributed by atoms with Crippen LogP contribution in [0.3, 0.4) is 0 Å². The number of aromatic hydroxyl groups is 2. The summed E-state index contributed by atoms with van der Waals surface area (Å²) in [5.41, 5.74) is -0.184. The largest absolute Gasteiger partial charge is 0.505 e. The molecule has 0 aliphatic rings. The quantitative estimate of drug-likeness (QED) is 0.443. The summed E-state index contributed by atoms with van der Waals surface area (Å²) in [5.74, 6) is -2.76. The Morgan fingerprint density at radius 2 is 1.90 bits per heavy atom. The fraction of sp³-hybridized carbons (Fsp3) is 0.150. The average Bonchev–Trinajstić information content (AvgIpc) is 3.04. The predicted molar refractivity (Wildman–Crippen MR) is 114 cm³/mol. The third kappa shape index (κ3) is 3.31. The molecule has 0 bridgehead atoms. The highest BCUT2D eigenvalue weighted by Crippen LogP contribution is 2.46. The molecule has 0 spiro atoms. The second kappa shape index (κ2) is 7.24. The normalized spacial score (nSPS) is 12.0. The second-order valence-electron chi connectivity index (χ2n) is 7.02. The van der Waals surface area contributed by atoms with Crippen LogP contribution in [0.15, 0.2) is 36.7 Å². The Hall–Kier alpha value is -3.11. The van der Waals surface area contributed by atoms with E-state index in [1.165, 1.54) is 19.4 Å². The van der Waals surface area contributed by atoms with Gasteiger partial charge in [0.05, 0.1) is 28.9 Å². The van der Waals surface area contributed by atoms with Crippen LogP contribution in [-0.4, -0.2) is 41.5 Å². The van der Waals surface area contributed by atoms with Crippen molar-refractivity contribution in [2.75, 3.05) is 17.6 Å². The minimum absolute atomic E-state index is 0.0636.